The predicted octanol–water partition coefficient (Wildman–Crippen LogP) is 3.47. The molecule has 0 N–H and O–H groups in total. The Bertz CT molecular complexity index is 604. The van der Waals surface area contributed by atoms with Gasteiger partial charge in [-0.3, -0.25) is 0 Å². The second-order valence-electron chi connectivity index (χ2n) is 3.41. The fourth-order valence-electron chi connectivity index (χ4n) is 1.25. The van der Waals surface area contributed by atoms with Crippen LogP contribution in [0.1, 0.15) is 10.5 Å². The average molecular weight is 344 g/mol. The summed E-state index contributed by atoms with van der Waals surface area (Å²) in [5.41, 5.74) is 0.107. The molecule has 5 nitrogen and oxygen atoms in total. The summed E-state index contributed by atoms with van der Waals surface area (Å²) in [5, 5.41) is 0.446. The van der Waals surface area contributed by atoms with Crippen molar-refractivity contribution in [1.29, 1.82) is 0 Å². The third-order valence-electron chi connectivity index (χ3n) is 2.13. The highest BCUT2D eigenvalue weighted by atomic mass is 79.9. The molecule has 0 aliphatic carbocycles. The molecule has 98 valence electrons. The molecule has 0 unspecified atom stereocenters. The van der Waals surface area contributed by atoms with E-state index in [0.29, 0.717) is 10.8 Å². The topological polar surface area (TPSA) is 61.3 Å². The number of hydrogen-bond donors (Lipinski definition) is 0. The lowest BCUT2D eigenvalue weighted by atomic mass is 10.3. The van der Waals surface area contributed by atoms with E-state index >= 15 is 0 Å². The molecule has 0 bridgehead atoms. The first-order chi connectivity index (χ1) is 9.10. The first kappa shape index (κ1) is 13.8. The number of ether oxygens (including phenoxy) is 2. The normalized spacial score (nSPS) is 10.1. The smallest absolute Gasteiger partial charge is 0.358 e. The van der Waals surface area contributed by atoms with Gasteiger partial charge in [0, 0.05) is 4.47 Å². The molecule has 0 radical (unpaired) electrons. The molecule has 7 heteroatoms. The van der Waals surface area contributed by atoms with Crippen molar-refractivity contribution in [3.8, 4) is 11.6 Å². The summed E-state index contributed by atoms with van der Waals surface area (Å²) in [6.07, 6.45) is 2.59. The van der Waals surface area contributed by atoms with Gasteiger partial charge in [-0.1, -0.05) is 27.5 Å². The number of carbonyl (C=O) groups excluding carboxylic acids is 1. The van der Waals surface area contributed by atoms with Crippen LogP contribution in [0.25, 0.3) is 0 Å². The van der Waals surface area contributed by atoms with E-state index in [4.69, 9.17) is 16.3 Å². The Balaban J connectivity index is 2.19. The maximum atomic E-state index is 11.2. The second-order valence-corrected chi connectivity index (χ2v) is 4.73. The van der Waals surface area contributed by atoms with E-state index < -0.39 is 5.97 Å². The molecule has 1 aromatic carbocycles. The summed E-state index contributed by atoms with van der Waals surface area (Å²) in [6, 6.07) is 5.19. The minimum absolute atomic E-state index is 0.107. The van der Waals surface area contributed by atoms with Crippen molar-refractivity contribution in [1.82, 2.24) is 9.97 Å². The number of benzene rings is 1. The summed E-state index contributed by atoms with van der Waals surface area (Å²) in [7, 11) is 1.27. The molecule has 0 fully saturated rings. The van der Waals surface area contributed by atoms with Gasteiger partial charge in [0.25, 0.3) is 0 Å². The first-order valence-electron chi connectivity index (χ1n) is 5.13. The van der Waals surface area contributed by atoms with Crippen LogP contribution in [0.4, 0.5) is 0 Å². The maximum absolute atomic E-state index is 11.2. The van der Waals surface area contributed by atoms with Crippen molar-refractivity contribution in [2.24, 2.45) is 0 Å². The van der Waals surface area contributed by atoms with Gasteiger partial charge < -0.3 is 9.47 Å². The number of hydrogen-bond acceptors (Lipinski definition) is 5. The van der Waals surface area contributed by atoms with Crippen molar-refractivity contribution < 1.29 is 14.3 Å². The van der Waals surface area contributed by atoms with Crippen molar-refractivity contribution in [2.75, 3.05) is 7.11 Å². The Morgan fingerprint density at radius 2 is 2.11 bits per heavy atom. The minimum atomic E-state index is -0.556. The van der Waals surface area contributed by atoms with E-state index in [2.05, 4.69) is 30.6 Å². The lowest BCUT2D eigenvalue weighted by Crippen LogP contribution is -2.04. The van der Waals surface area contributed by atoms with Gasteiger partial charge in [0.15, 0.2) is 5.69 Å². The number of carbonyl (C=O) groups is 1. The third-order valence-corrected chi connectivity index (χ3v) is 2.94. The molecule has 19 heavy (non-hydrogen) atoms. The monoisotopic (exact) mass is 342 g/mol. The van der Waals surface area contributed by atoms with Crippen molar-refractivity contribution in [3.05, 3.63) is 45.8 Å². The van der Waals surface area contributed by atoms with Crippen LogP contribution in [0.3, 0.4) is 0 Å². The largest absolute Gasteiger partial charge is 0.464 e. The van der Waals surface area contributed by atoms with Crippen LogP contribution >= 0.6 is 27.5 Å². The van der Waals surface area contributed by atoms with Crippen LogP contribution in [0, 0.1) is 0 Å². The molecule has 0 spiro atoms. The lowest BCUT2D eigenvalue weighted by Gasteiger charge is -2.06. The molecule has 0 aliphatic heterocycles. The Labute approximate surface area is 122 Å². The van der Waals surface area contributed by atoms with Gasteiger partial charge in [-0.05, 0) is 18.2 Å². The molecule has 0 saturated heterocycles. The Morgan fingerprint density at radius 1 is 1.32 bits per heavy atom. The zero-order valence-electron chi connectivity index (χ0n) is 9.76. The molecule has 2 rings (SSSR count). The molecule has 0 amide bonds. The quantitative estimate of drug-likeness (QED) is 0.799. The Hall–Kier alpha value is -1.66. The van der Waals surface area contributed by atoms with Crippen LogP contribution in [-0.4, -0.2) is 23.0 Å². The molecule has 2 aromatic rings. The number of rotatable bonds is 3. The first-order valence-corrected chi connectivity index (χ1v) is 6.30. The van der Waals surface area contributed by atoms with Gasteiger partial charge in [-0.2, -0.15) is 0 Å². The number of methoxy groups -OCH3 is 1. The lowest BCUT2D eigenvalue weighted by molar-refractivity contribution is 0.0593. The van der Waals surface area contributed by atoms with Crippen molar-refractivity contribution in [3.63, 3.8) is 0 Å². The molecular formula is C12H8BrClN2O3. The Morgan fingerprint density at radius 3 is 2.74 bits per heavy atom. The maximum Gasteiger partial charge on any atom is 0.358 e. The van der Waals surface area contributed by atoms with Crippen molar-refractivity contribution >= 4 is 33.5 Å². The van der Waals surface area contributed by atoms with Crippen molar-refractivity contribution in [2.45, 2.75) is 0 Å². The van der Waals surface area contributed by atoms with Gasteiger partial charge in [-0.15, -0.1) is 0 Å². The van der Waals surface area contributed by atoms with Gasteiger partial charge >= 0.3 is 5.97 Å². The highest BCUT2D eigenvalue weighted by Crippen LogP contribution is 2.30. The van der Waals surface area contributed by atoms with Gasteiger partial charge in [0.2, 0.25) is 5.88 Å². The zero-order valence-corrected chi connectivity index (χ0v) is 12.1. The van der Waals surface area contributed by atoms with Gasteiger partial charge in [0.05, 0.1) is 24.5 Å². The fraction of sp³-hybridized carbons (Fsp3) is 0.0833. The molecule has 1 aromatic heterocycles. The Kier molecular flexibility index (Phi) is 4.34. The van der Waals surface area contributed by atoms with Crippen LogP contribution in [0.15, 0.2) is 35.1 Å². The SMILES string of the molecule is COC(=O)c1cnc(Oc2cc(Br)ccc2Cl)cn1. The summed E-state index contributed by atoms with van der Waals surface area (Å²) >= 11 is 9.30. The van der Waals surface area contributed by atoms with Gasteiger partial charge in [0.1, 0.15) is 5.75 Å². The minimum Gasteiger partial charge on any atom is -0.464 e. The molecule has 0 saturated carbocycles. The second kappa shape index (κ2) is 5.99. The summed E-state index contributed by atoms with van der Waals surface area (Å²) in [4.78, 5) is 19.0. The van der Waals surface area contributed by atoms with Crippen LogP contribution < -0.4 is 4.74 Å². The van der Waals surface area contributed by atoms with Crippen LogP contribution in [0.2, 0.25) is 5.02 Å². The van der Waals surface area contributed by atoms with Crippen LogP contribution in [-0.2, 0) is 4.74 Å². The van der Waals surface area contributed by atoms with E-state index in [-0.39, 0.29) is 11.6 Å². The highest BCUT2D eigenvalue weighted by molar-refractivity contribution is 9.10. The fourth-order valence-corrected chi connectivity index (χ4v) is 1.74. The zero-order chi connectivity index (χ0) is 13.8. The average Bonchev–Trinajstić information content (AvgIpc) is 2.43. The number of nitrogens with zero attached hydrogens (tertiary/aromatic N) is 2. The molecular weight excluding hydrogens is 336 g/mol. The molecule has 1 heterocycles. The summed E-state index contributed by atoms with van der Waals surface area (Å²) in [6.45, 7) is 0. The van der Waals surface area contributed by atoms with E-state index in [1.807, 2.05) is 0 Å². The highest BCUT2D eigenvalue weighted by Gasteiger charge is 2.09. The number of esters is 1. The standard InChI is InChI=1S/C12H8BrClN2O3/c1-18-12(17)9-5-16-11(6-15-9)19-10-4-7(13)2-3-8(10)14/h2-6H,1H3. The van der Waals surface area contributed by atoms with E-state index in [0.717, 1.165) is 4.47 Å². The number of aromatic nitrogens is 2. The van der Waals surface area contributed by atoms with Gasteiger partial charge in [-0.25, -0.2) is 14.8 Å². The van der Waals surface area contributed by atoms with E-state index in [1.54, 1.807) is 18.2 Å². The van der Waals surface area contributed by atoms with E-state index in [9.17, 15) is 4.79 Å². The predicted molar refractivity (Wildman–Crippen MR) is 72.6 cm³/mol. The summed E-state index contributed by atoms with van der Waals surface area (Å²) < 4.78 is 10.8. The third kappa shape index (κ3) is 3.42. The molecule has 0 aliphatic rings. The summed E-state index contributed by atoms with van der Waals surface area (Å²) in [5.74, 6) is 0.114. The van der Waals surface area contributed by atoms with E-state index in [1.165, 1.54) is 19.5 Å². The van der Waals surface area contributed by atoms with Crippen LogP contribution in [0.5, 0.6) is 11.6 Å². The number of halogens is 2. The molecule has 0 atom stereocenters.